The molecule has 3 aliphatic heterocycles. The highest BCUT2D eigenvalue weighted by molar-refractivity contribution is 7.98. The van der Waals surface area contributed by atoms with Crippen LogP contribution < -0.4 is 0 Å². The topological polar surface area (TPSA) is 12.5 Å². The van der Waals surface area contributed by atoms with E-state index in [0.29, 0.717) is 16.5 Å². The lowest BCUT2D eigenvalue weighted by Gasteiger charge is -2.26. The van der Waals surface area contributed by atoms with Gasteiger partial charge in [-0.3, -0.25) is 0 Å². The van der Waals surface area contributed by atoms with Gasteiger partial charge in [0.2, 0.25) is 0 Å². The van der Waals surface area contributed by atoms with E-state index in [9.17, 15) is 0 Å². The van der Waals surface area contributed by atoms with Gasteiger partial charge in [0.1, 0.15) is 16.1 Å². The summed E-state index contributed by atoms with van der Waals surface area (Å²) in [6.45, 7) is 7.93. The van der Waals surface area contributed by atoms with Crippen LogP contribution in [0.5, 0.6) is 0 Å². The lowest BCUT2D eigenvalue weighted by molar-refractivity contribution is 0.273. The van der Waals surface area contributed by atoms with Crippen molar-refractivity contribution in [3.63, 3.8) is 0 Å². The van der Waals surface area contributed by atoms with E-state index >= 15 is 0 Å². The van der Waals surface area contributed by atoms with Crippen LogP contribution in [0.25, 0.3) is 0 Å². The highest BCUT2D eigenvalue weighted by atomic mass is 32.2. The summed E-state index contributed by atoms with van der Waals surface area (Å²) in [5, 5.41) is 1.80. The summed E-state index contributed by atoms with van der Waals surface area (Å²) >= 11 is 0. The zero-order chi connectivity index (χ0) is 14.0. The van der Waals surface area contributed by atoms with Crippen LogP contribution in [0.1, 0.15) is 52.0 Å². The zero-order valence-electron chi connectivity index (χ0n) is 12.8. The van der Waals surface area contributed by atoms with E-state index in [2.05, 4.69) is 45.0 Å². The van der Waals surface area contributed by atoms with Crippen LogP contribution in [-0.4, -0.2) is 22.7 Å². The smallest absolute Gasteiger partial charge is 0.155 e. The van der Waals surface area contributed by atoms with Crippen molar-refractivity contribution >= 4 is 10.9 Å². The molecule has 20 heavy (non-hydrogen) atoms. The molecule has 3 heterocycles. The molecule has 2 atom stereocenters. The third-order valence-electron chi connectivity index (χ3n) is 5.27. The Bertz CT molecular complexity index is 493. The standard InChI is InChI=1S/C18H25OS/c1-17(2,3)13-4-6-14(7-5-13)20-15-8-9-16(20)11-18(10-15)12-19-18/h4-7,15-16H,8-12H2,1-3H3/q+1. The molecule has 0 radical (unpaired) electrons. The van der Waals surface area contributed by atoms with Gasteiger partial charge in [-0.05, 0) is 23.1 Å². The number of fused-ring (bicyclic) bond motifs is 2. The normalized spacial score (nSPS) is 39.2. The second-order valence-electron chi connectivity index (χ2n) is 7.85. The molecule has 3 fully saturated rings. The van der Waals surface area contributed by atoms with Crippen molar-refractivity contribution in [2.45, 2.75) is 72.9 Å². The average Bonchev–Trinajstić information content (AvgIpc) is 3.08. The van der Waals surface area contributed by atoms with Gasteiger partial charge in [-0.15, -0.1) is 0 Å². The largest absolute Gasteiger partial charge is 0.369 e. The third-order valence-corrected chi connectivity index (χ3v) is 8.33. The first-order valence-electron chi connectivity index (χ1n) is 7.93. The van der Waals surface area contributed by atoms with Gasteiger partial charge in [-0.25, -0.2) is 0 Å². The minimum atomic E-state index is 0.263. The van der Waals surface area contributed by atoms with Crippen LogP contribution in [0.2, 0.25) is 0 Å². The number of benzene rings is 1. The highest BCUT2D eigenvalue weighted by Gasteiger charge is 2.62. The van der Waals surface area contributed by atoms with E-state index in [1.165, 1.54) is 31.2 Å². The monoisotopic (exact) mass is 289 g/mol. The summed E-state index contributed by atoms with van der Waals surface area (Å²) in [5.41, 5.74) is 2.05. The fourth-order valence-corrected chi connectivity index (χ4v) is 7.54. The van der Waals surface area contributed by atoms with Crippen LogP contribution in [0.3, 0.4) is 0 Å². The molecule has 2 bridgehead atoms. The van der Waals surface area contributed by atoms with Gasteiger partial charge in [0.15, 0.2) is 4.90 Å². The van der Waals surface area contributed by atoms with Crippen molar-refractivity contribution in [3.8, 4) is 0 Å². The number of epoxide rings is 1. The lowest BCUT2D eigenvalue weighted by Crippen LogP contribution is -2.37. The molecular weight excluding hydrogens is 264 g/mol. The van der Waals surface area contributed by atoms with Crippen molar-refractivity contribution in [2.75, 3.05) is 6.61 Å². The summed E-state index contributed by atoms with van der Waals surface area (Å²) in [7, 11) is 0.492. The number of hydrogen-bond donors (Lipinski definition) is 0. The molecule has 0 N–H and O–H groups in total. The van der Waals surface area contributed by atoms with Crippen LogP contribution >= 0.6 is 0 Å². The molecule has 2 unspecified atom stereocenters. The lowest BCUT2D eigenvalue weighted by atomic mass is 9.87. The molecule has 0 aliphatic carbocycles. The molecule has 3 aliphatic rings. The average molecular weight is 289 g/mol. The Hall–Kier alpha value is -0.470. The molecule has 0 amide bonds. The van der Waals surface area contributed by atoms with E-state index in [4.69, 9.17) is 4.74 Å². The molecule has 0 aromatic heterocycles. The third kappa shape index (κ3) is 2.12. The SMILES string of the molecule is CC(C)(C)c1ccc([S+]2C3CCC2CC2(CO2)C3)cc1. The summed E-state index contributed by atoms with van der Waals surface area (Å²) in [6.07, 6.45) is 5.51. The first-order valence-corrected chi connectivity index (χ1v) is 9.28. The quantitative estimate of drug-likeness (QED) is 0.561. The Morgan fingerprint density at radius 3 is 2.05 bits per heavy atom. The predicted molar refractivity (Wildman–Crippen MR) is 85.5 cm³/mol. The molecule has 1 aromatic rings. The van der Waals surface area contributed by atoms with Crippen molar-refractivity contribution in [1.29, 1.82) is 0 Å². The predicted octanol–water partition coefficient (Wildman–Crippen LogP) is 4.06. The maximum Gasteiger partial charge on any atom is 0.155 e. The van der Waals surface area contributed by atoms with Gasteiger partial charge >= 0.3 is 0 Å². The van der Waals surface area contributed by atoms with Gasteiger partial charge in [0.05, 0.1) is 6.61 Å². The summed E-state index contributed by atoms with van der Waals surface area (Å²) < 4.78 is 5.77. The van der Waals surface area contributed by atoms with Gasteiger partial charge in [-0.2, -0.15) is 0 Å². The van der Waals surface area contributed by atoms with Crippen LogP contribution in [-0.2, 0) is 21.0 Å². The number of ether oxygens (including phenoxy) is 1. The maximum absolute atomic E-state index is 5.77. The summed E-state index contributed by atoms with van der Waals surface area (Å²) in [6, 6.07) is 9.56. The minimum absolute atomic E-state index is 0.263. The molecule has 3 saturated heterocycles. The van der Waals surface area contributed by atoms with Crippen molar-refractivity contribution < 1.29 is 4.74 Å². The summed E-state index contributed by atoms with van der Waals surface area (Å²) in [5.74, 6) is 0. The first-order chi connectivity index (χ1) is 9.47. The Morgan fingerprint density at radius 1 is 1.05 bits per heavy atom. The fraction of sp³-hybridized carbons (Fsp3) is 0.667. The van der Waals surface area contributed by atoms with E-state index in [-0.39, 0.29) is 5.41 Å². The van der Waals surface area contributed by atoms with Crippen LogP contribution in [0.4, 0.5) is 0 Å². The first kappa shape index (κ1) is 13.2. The van der Waals surface area contributed by atoms with Crippen LogP contribution in [0.15, 0.2) is 29.2 Å². The Labute approximate surface area is 125 Å². The maximum atomic E-state index is 5.77. The zero-order valence-corrected chi connectivity index (χ0v) is 13.6. The van der Waals surface area contributed by atoms with E-state index < -0.39 is 0 Å². The summed E-state index contributed by atoms with van der Waals surface area (Å²) in [4.78, 5) is 1.61. The number of rotatable bonds is 1. The Kier molecular flexibility index (Phi) is 2.82. The van der Waals surface area contributed by atoms with Gasteiger partial charge < -0.3 is 4.74 Å². The van der Waals surface area contributed by atoms with Crippen molar-refractivity contribution in [2.24, 2.45) is 0 Å². The highest BCUT2D eigenvalue weighted by Crippen LogP contribution is 2.53. The van der Waals surface area contributed by atoms with E-state index in [1.54, 1.807) is 4.90 Å². The van der Waals surface area contributed by atoms with E-state index in [1.807, 2.05) is 0 Å². The van der Waals surface area contributed by atoms with Crippen LogP contribution in [0, 0.1) is 0 Å². The molecular formula is C18H25OS+. The molecule has 1 nitrogen and oxygen atoms in total. The molecule has 1 spiro atoms. The molecule has 2 heteroatoms. The van der Waals surface area contributed by atoms with Gasteiger partial charge in [0.25, 0.3) is 0 Å². The number of hydrogen-bond acceptors (Lipinski definition) is 1. The minimum Gasteiger partial charge on any atom is -0.369 e. The van der Waals surface area contributed by atoms with Gasteiger partial charge in [0, 0.05) is 36.6 Å². The second-order valence-corrected chi connectivity index (χ2v) is 10.4. The molecule has 4 rings (SSSR count). The fourth-order valence-electron chi connectivity index (χ4n) is 4.03. The molecule has 108 valence electrons. The molecule has 1 aromatic carbocycles. The van der Waals surface area contributed by atoms with E-state index in [0.717, 1.165) is 17.1 Å². The van der Waals surface area contributed by atoms with Crippen molar-refractivity contribution in [1.82, 2.24) is 0 Å². The second kappa shape index (κ2) is 4.27. The van der Waals surface area contributed by atoms with Crippen molar-refractivity contribution in [3.05, 3.63) is 29.8 Å². The molecule has 0 saturated carbocycles. The Balaban J connectivity index is 1.59. The Morgan fingerprint density at radius 2 is 1.60 bits per heavy atom. The van der Waals surface area contributed by atoms with Gasteiger partial charge in [-0.1, -0.05) is 32.9 Å².